The van der Waals surface area contributed by atoms with Gasteiger partial charge in [0.25, 0.3) is 0 Å². The number of rotatable bonds is 0. The average Bonchev–Trinajstić information content (AvgIpc) is 2.67. The summed E-state index contributed by atoms with van der Waals surface area (Å²) >= 11 is 0. The highest BCUT2D eigenvalue weighted by atomic mass is 16.1. The minimum atomic E-state index is -0.182. The molecular formula is C30H46O. The van der Waals surface area contributed by atoms with Crippen LogP contribution in [0.3, 0.4) is 0 Å². The van der Waals surface area contributed by atoms with E-state index in [0.717, 1.165) is 18.8 Å². The number of hydrogen-bond donors (Lipinski definition) is 0. The number of carbonyl (C=O) groups excluding carboxylic acids is 1. The summed E-state index contributed by atoms with van der Waals surface area (Å²) in [5.41, 5.74) is 4.93. The van der Waals surface area contributed by atoms with Crippen molar-refractivity contribution in [1.82, 2.24) is 0 Å². The zero-order valence-electron chi connectivity index (χ0n) is 21.6. The zero-order valence-corrected chi connectivity index (χ0v) is 21.6. The molecule has 0 amide bonds. The Morgan fingerprint density at radius 1 is 0.774 bits per heavy atom. The summed E-state index contributed by atoms with van der Waals surface area (Å²) in [6.45, 7) is 19.8. The van der Waals surface area contributed by atoms with Crippen molar-refractivity contribution in [3.63, 3.8) is 0 Å². The van der Waals surface area contributed by atoms with E-state index in [4.69, 9.17) is 0 Å². The fourth-order valence-corrected chi connectivity index (χ4v) is 9.62. The fraction of sp³-hybridized carbons (Fsp3) is 0.833. The molecule has 5 rings (SSSR count). The van der Waals surface area contributed by atoms with Gasteiger partial charge >= 0.3 is 0 Å². The van der Waals surface area contributed by atoms with Crippen LogP contribution in [0.2, 0.25) is 0 Å². The number of ketones is 1. The molecule has 0 N–H and O–H groups in total. The molecule has 0 unspecified atom stereocenters. The molecule has 6 atom stereocenters. The second kappa shape index (κ2) is 6.18. The lowest BCUT2D eigenvalue weighted by molar-refractivity contribution is -0.144. The molecule has 0 aromatic rings. The molecule has 0 aromatic heterocycles. The summed E-state index contributed by atoms with van der Waals surface area (Å²) in [4.78, 5) is 12.9. The number of carbonyl (C=O) groups is 1. The first-order valence-corrected chi connectivity index (χ1v) is 13.2. The van der Waals surface area contributed by atoms with Crippen LogP contribution in [0.5, 0.6) is 0 Å². The summed E-state index contributed by atoms with van der Waals surface area (Å²) in [7, 11) is 0. The summed E-state index contributed by atoms with van der Waals surface area (Å²) in [6.07, 6.45) is 16.3. The Labute approximate surface area is 191 Å². The van der Waals surface area contributed by atoms with Crippen LogP contribution in [0, 0.1) is 44.3 Å². The minimum Gasteiger partial charge on any atom is -0.299 e. The lowest BCUT2D eigenvalue weighted by atomic mass is 9.36. The second-order valence-electron chi connectivity index (χ2n) is 14.6. The van der Waals surface area contributed by atoms with Crippen LogP contribution in [-0.2, 0) is 4.79 Å². The van der Waals surface area contributed by atoms with Gasteiger partial charge in [0.2, 0.25) is 0 Å². The maximum atomic E-state index is 12.9. The van der Waals surface area contributed by atoms with E-state index in [-0.39, 0.29) is 21.7 Å². The smallest absolute Gasteiger partial charge is 0.138 e. The quantitative estimate of drug-likeness (QED) is 0.383. The van der Waals surface area contributed by atoms with Gasteiger partial charge in [-0.2, -0.15) is 0 Å². The van der Waals surface area contributed by atoms with Crippen molar-refractivity contribution >= 4 is 5.78 Å². The summed E-state index contributed by atoms with van der Waals surface area (Å²) in [6, 6.07) is 0. The predicted molar refractivity (Wildman–Crippen MR) is 130 cm³/mol. The second-order valence-corrected chi connectivity index (χ2v) is 14.6. The maximum absolute atomic E-state index is 12.9. The molecule has 0 aromatic carbocycles. The van der Waals surface area contributed by atoms with E-state index in [9.17, 15) is 4.79 Å². The van der Waals surface area contributed by atoms with E-state index in [1.54, 1.807) is 11.1 Å². The van der Waals surface area contributed by atoms with E-state index >= 15 is 0 Å². The summed E-state index contributed by atoms with van der Waals surface area (Å²) in [5.74, 6) is 1.72. The molecule has 31 heavy (non-hydrogen) atoms. The average molecular weight is 423 g/mol. The Kier molecular flexibility index (Phi) is 4.38. The number of fused-ring (bicyclic) bond motifs is 7. The van der Waals surface area contributed by atoms with E-state index < -0.39 is 0 Å². The Morgan fingerprint density at radius 3 is 2.16 bits per heavy atom. The molecular weight excluding hydrogens is 376 g/mol. The van der Waals surface area contributed by atoms with E-state index in [1.165, 1.54) is 44.9 Å². The molecule has 0 spiro atoms. The third kappa shape index (κ3) is 2.64. The van der Waals surface area contributed by atoms with Gasteiger partial charge in [-0.1, -0.05) is 78.7 Å². The van der Waals surface area contributed by atoms with Gasteiger partial charge in [-0.3, -0.25) is 4.79 Å². The van der Waals surface area contributed by atoms with Gasteiger partial charge in [-0.15, -0.1) is 0 Å². The molecule has 1 nitrogen and oxygen atoms in total. The van der Waals surface area contributed by atoms with Crippen molar-refractivity contribution in [2.75, 3.05) is 0 Å². The molecule has 0 heterocycles. The SMILES string of the molecule is CC1(C)CC[C@]2(C)CC[C@]3(C)C(=CC=C4[C@@]5(C)CCC(=O)C(C)(C)[C@H]5CC[C@]43C)[C@@H]2C1. The van der Waals surface area contributed by atoms with Crippen molar-refractivity contribution in [2.45, 2.75) is 113 Å². The van der Waals surface area contributed by atoms with E-state index in [1.807, 2.05) is 0 Å². The van der Waals surface area contributed by atoms with Gasteiger partial charge in [0.15, 0.2) is 0 Å². The molecule has 4 fully saturated rings. The van der Waals surface area contributed by atoms with Crippen molar-refractivity contribution in [2.24, 2.45) is 44.3 Å². The van der Waals surface area contributed by atoms with Crippen LogP contribution in [0.4, 0.5) is 0 Å². The molecule has 4 saturated carbocycles. The highest BCUT2D eigenvalue weighted by Crippen LogP contribution is 2.74. The fourth-order valence-electron chi connectivity index (χ4n) is 9.62. The first-order chi connectivity index (χ1) is 14.2. The highest BCUT2D eigenvalue weighted by Gasteiger charge is 2.65. The van der Waals surface area contributed by atoms with Gasteiger partial charge in [0, 0.05) is 11.8 Å². The molecule has 0 radical (unpaired) electrons. The summed E-state index contributed by atoms with van der Waals surface area (Å²) < 4.78 is 0. The van der Waals surface area contributed by atoms with Crippen molar-refractivity contribution in [1.29, 1.82) is 0 Å². The van der Waals surface area contributed by atoms with Gasteiger partial charge in [0.1, 0.15) is 5.78 Å². The van der Waals surface area contributed by atoms with Gasteiger partial charge in [-0.25, -0.2) is 0 Å². The topological polar surface area (TPSA) is 17.1 Å². The standard InChI is InChI=1S/C30H46O/c1-25(2)15-16-27(5)17-18-29(7)20(21(27)19-25)9-10-23-28(6)13-12-24(31)26(3,4)22(28)11-14-30(23,29)8/h9-10,21-22H,11-19H2,1-8H3/t21-,22+,27+,28-,29+,30+/m0/s1. The zero-order chi connectivity index (χ0) is 22.7. The van der Waals surface area contributed by atoms with Crippen molar-refractivity contribution in [3.8, 4) is 0 Å². The Hall–Kier alpha value is -0.850. The normalized spacial score (nSPS) is 50.3. The Balaban J connectivity index is 1.63. The number of Topliss-reactive ketones (excluding diaryl/α,β-unsaturated/α-hetero) is 1. The maximum Gasteiger partial charge on any atom is 0.138 e. The number of allylic oxidation sites excluding steroid dienone is 4. The molecule has 0 aliphatic heterocycles. The Bertz CT molecular complexity index is 886. The van der Waals surface area contributed by atoms with Crippen molar-refractivity contribution < 1.29 is 4.79 Å². The van der Waals surface area contributed by atoms with Gasteiger partial charge in [0.05, 0.1) is 0 Å². The molecule has 1 heteroatoms. The van der Waals surface area contributed by atoms with Crippen LogP contribution < -0.4 is 0 Å². The van der Waals surface area contributed by atoms with E-state index in [0.29, 0.717) is 22.5 Å². The number of hydrogen-bond acceptors (Lipinski definition) is 1. The van der Waals surface area contributed by atoms with Crippen LogP contribution in [0.1, 0.15) is 113 Å². The van der Waals surface area contributed by atoms with Crippen LogP contribution >= 0.6 is 0 Å². The van der Waals surface area contributed by atoms with Crippen LogP contribution in [0.15, 0.2) is 23.3 Å². The van der Waals surface area contributed by atoms with Gasteiger partial charge < -0.3 is 0 Å². The largest absolute Gasteiger partial charge is 0.299 e. The molecule has 5 aliphatic carbocycles. The minimum absolute atomic E-state index is 0.169. The third-order valence-electron chi connectivity index (χ3n) is 12.2. The monoisotopic (exact) mass is 422 g/mol. The van der Waals surface area contributed by atoms with Gasteiger partial charge in [-0.05, 0) is 90.3 Å². The molecule has 0 bridgehead atoms. The molecule has 172 valence electrons. The predicted octanol–water partition coefficient (Wildman–Crippen LogP) is 8.30. The molecule has 0 saturated heterocycles. The highest BCUT2D eigenvalue weighted by molar-refractivity contribution is 5.85. The van der Waals surface area contributed by atoms with Crippen LogP contribution in [0.25, 0.3) is 0 Å². The Morgan fingerprint density at radius 2 is 1.45 bits per heavy atom. The lowest BCUT2D eigenvalue weighted by Crippen LogP contribution is -2.60. The summed E-state index contributed by atoms with van der Waals surface area (Å²) in [5, 5.41) is 0. The first-order valence-electron chi connectivity index (χ1n) is 13.2. The van der Waals surface area contributed by atoms with Crippen molar-refractivity contribution in [3.05, 3.63) is 23.3 Å². The van der Waals surface area contributed by atoms with E-state index in [2.05, 4.69) is 67.5 Å². The first kappa shape index (κ1) is 22.0. The lowest BCUT2D eigenvalue weighted by Gasteiger charge is -2.68. The van der Waals surface area contributed by atoms with Crippen LogP contribution in [-0.4, -0.2) is 5.78 Å². The molecule has 5 aliphatic rings. The third-order valence-corrected chi connectivity index (χ3v) is 12.2.